The minimum atomic E-state index is -0.257. The lowest BCUT2D eigenvalue weighted by Gasteiger charge is -2.05. The van der Waals surface area contributed by atoms with E-state index in [-0.39, 0.29) is 5.56 Å². The zero-order chi connectivity index (χ0) is 19.1. The Kier molecular flexibility index (Phi) is 4.49. The molecule has 0 spiro atoms. The van der Waals surface area contributed by atoms with E-state index >= 15 is 0 Å². The van der Waals surface area contributed by atoms with Crippen LogP contribution in [0.2, 0.25) is 5.15 Å². The largest absolute Gasteiger partial charge is 0.316 e. The Morgan fingerprint density at radius 2 is 2.04 bits per heavy atom. The van der Waals surface area contributed by atoms with Gasteiger partial charge in [0.2, 0.25) is 5.03 Å². The van der Waals surface area contributed by atoms with Gasteiger partial charge in [0, 0.05) is 6.07 Å². The summed E-state index contributed by atoms with van der Waals surface area (Å²) >= 11 is 13.4. The van der Waals surface area contributed by atoms with Crippen LogP contribution in [-0.4, -0.2) is 24.5 Å². The fourth-order valence-electron chi connectivity index (χ4n) is 2.59. The molecule has 0 aliphatic heterocycles. The van der Waals surface area contributed by atoms with Crippen molar-refractivity contribution in [3.8, 4) is 0 Å². The fraction of sp³-hybridized carbons (Fsp3) is 0.118. The molecule has 0 bridgehead atoms. The molecule has 4 rings (SSSR count). The molecule has 0 saturated heterocycles. The SMILES string of the molecule is CC1=C(n2cnc3nc(Nc4cc(Cl)nc(C)n4)sc3c2=O)C(Cl)=[C+]C=C1. The van der Waals surface area contributed by atoms with E-state index in [1.165, 1.54) is 22.2 Å². The molecule has 1 N–H and O–H groups in total. The molecule has 1 aliphatic rings. The van der Waals surface area contributed by atoms with Gasteiger partial charge in [0.15, 0.2) is 16.5 Å². The Morgan fingerprint density at radius 3 is 2.78 bits per heavy atom. The first-order valence-electron chi connectivity index (χ1n) is 7.76. The third-order valence-corrected chi connectivity index (χ3v) is 5.15. The van der Waals surface area contributed by atoms with Crippen LogP contribution >= 0.6 is 34.5 Å². The van der Waals surface area contributed by atoms with Gasteiger partial charge < -0.3 is 5.32 Å². The highest BCUT2D eigenvalue weighted by Gasteiger charge is 2.24. The van der Waals surface area contributed by atoms with Gasteiger partial charge in [-0.05, 0) is 25.4 Å². The van der Waals surface area contributed by atoms with Gasteiger partial charge in [-0.15, -0.1) is 0 Å². The van der Waals surface area contributed by atoms with Gasteiger partial charge in [0.1, 0.15) is 33.9 Å². The Hall–Kier alpha value is -2.64. The van der Waals surface area contributed by atoms with Gasteiger partial charge >= 0.3 is 0 Å². The van der Waals surface area contributed by atoms with E-state index in [0.717, 1.165) is 5.57 Å². The van der Waals surface area contributed by atoms with Crippen molar-refractivity contribution < 1.29 is 0 Å². The van der Waals surface area contributed by atoms with Crippen molar-refractivity contribution in [1.82, 2.24) is 24.5 Å². The molecule has 1 aliphatic carbocycles. The number of halogens is 2. The number of hydrogen-bond donors (Lipinski definition) is 1. The van der Waals surface area contributed by atoms with Crippen LogP contribution in [-0.2, 0) is 0 Å². The molecule has 27 heavy (non-hydrogen) atoms. The normalized spacial score (nSPS) is 13.7. The van der Waals surface area contributed by atoms with Crippen LogP contribution in [0.15, 0.2) is 39.9 Å². The van der Waals surface area contributed by atoms with E-state index in [1.807, 2.05) is 13.0 Å². The lowest BCUT2D eigenvalue weighted by molar-refractivity contribution is 0.980. The van der Waals surface area contributed by atoms with Gasteiger partial charge in [-0.25, -0.2) is 19.5 Å². The second-order valence-electron chi connectivity index (χ2n) is 5.66. The lowest BCUT2D eigenvalue weighted by Crippen LogP contribution is -2.20. The summed E-state index contributed by atoms with van der Waals surface area (Å²) in [6, 6.07) is 1.58. The average molecular weight is 418 g/mol. The molecule has 3 aromatic heterocycles. The third-order valence-electron chi connectivity index (χ3n) is 3.73. The molecule has 3 aromatic rings. The summed E-state index contributed by atoms with van der Waals surface area (Å²) in [7, 11) is 0. The first kappa shape index (κ1) is 17.8. The van der Waals surface area contributed by atoms with Crippen molar-refractivity contribution in [2.45, 2.75) is 13.8 Å². The summed E-state index contributed by atoms with van der Waals surface area (Å²) < 4.78 is 1.81. The predicted molar refractivity (Wildman–Crippen MR) is 107 cm³/mol. The molecule has 134 valence electrons. The van der Waals surface area contributed by atoms with Gasteiger partial charge in [-0.3, -0.25) is 4.79 Å². The van der Waals surface area contributed by atoms with Crippen LogP contribution in [0.4, 0.5) is 10.9 Å². The first-order chi connectivity index (χ1) is 12.9. The van der Waals surface area contributed by atoms with Crippen LogP contribution in [0.25, 0.3) is 16.0 Å². The smallest absolute Gasteiger partial charge is 0.289 e. The second kappa shape index (κ2) is 6.83. The average Bonchev–Trinajstić information content (AvgIpc) is 2.99. The Morgan fingerprint density at radius 1 is 1.22 bits per heavy atom. The number of anilines is 2. The maximum absolute atomic E-state index is 13.0. The molecule has 0 unspecified atom stereocenters. The summed E-state index contributed by atoms with van der Waals surface area (Å²) in [6.07, 6.45) is 7.85. The maximum Gasteiger partial charge on any atom is 0.289 e. The van der Waals surface area contributed by atoms with Gasteiger partial charge in [0.25, 0.3) is 5.56 Å². The zero-order valence-corrected chi connectivity index (χ0v) is 16.4. The summed E-state index contributed by atoms with van der Waals surface area (Å²) in [5, 5.41) is 4.18. The molecule has 10 heteroatoms. The molecule has 0 fully saturated rings. The Labute approximate surface area is 167 Å². The molecule has 0 amide bonds. The van der Waals surface area contributed by atoms with Crippen LogP contribution in [0.5, 0.6) is 0 Å². The third kappa shape index (κ3) is 3.36. The predicted octanol–water partition coefficient (Wildman–Crippen LogP) is 4.08. The standard InChI is InChI=1S/C17H10Cl2N6OS/c1-8-4-3-5-10(18)13(8)25-7-20-15-14(16(25)26)27-17(24-15)23-12-6-11(19)21-9(2)22-12/h3-4,6-7H,1-2H3/p+1. The minimum absolute atomic E-state index is 0.257. The summed E-state index contributed by atoms with van der Waals surface area (Å²) in [6.45, 7) is 3.60. The zero-order valence-electron chi connectivity index (χ0n) is 14.1. The lowest BCUT2D eigenvalue weighted by atomic mass is 10.1. The van der Waals surface area contributed by atoms with E-state index in [0.29, 0.717) is 43.0 Å². The molecular weight excluding hydrogens is 407 g/mol. The number of allylic oxidation sites excluding steroid dienone is 6. The number of aromatic nitrogens is 5. The number of hydrogen-bond acceptors (Lipinski definition) is 7. The summed E-state index contributed by atoms with van der Waals surface area (Å²) in [5.41, 5.74) is 1.48. The molecule has 0 atom stereocenters. The number of nitrogens with one attached hydrogen (secondary N) is 1. The highest BCUT2D eigenvalue weighted by atomic mass is 35.5. The van der Waals surface area contributed by atoms with Gasteiger partial charge in [-0.2, -0.15) is 4.98 Å². The van der Waals surface area contributed by atoms with Crippen LogP contribution in [0.1, 0.15) is 12.7 Å². The topological polar surface area (TPSA) is 85.6 Å². The molecule has 3 heterocycles. The second-order valence-corrected chi connectivity index (χ2v) is 7.43. The Bertz CT molecular complexity index is 1200. The molecule has 0 radical (unpaired) electrons. The minimum Gasteiger partial charge on any atom is -0.316 e. The summed E-state index contributed by atoms with van der Waals surface area (Å²) in [5.74, 6) is 1.01. The van der Waals surface area contributed by atoms with Gasteiger partial charge in [0.05, 0.1) is 17.7 Å². The van der Waals surface area contributed by atoms with Crippen LogP contribution in [0, 0.1) is 13.0 Å². The molecule has 7 nitrogen and oxygen atoms in total. The molecule has 0 saturated carbocycles. The quantitative estimate of drug-likeness (QED) is 0.510. The van der Waals surface area contributed by atoms with Gasteiger partial charge in [-0.1, -0.05) is 22.9 Å². The van der Waals surface area contributed by atoms with Crippen molar-refractivity contribution in [2.24, 2.45) is 0 Å². The van der Waals surface area contributed by atoms with Crippen molar-refractivity contribution in [2.75, 3.05) is 5.32 Å². The van der Waals surface area contributed by atoms with Crippen LogP contribution in [0.3, 0.4) is 0 Å². The fourth-order valence-corrected chi connectivity index (χ4v) is 3.97. The number of thiazole rings is 1. The van der Waals surface area contributed by atoms with E-state index in [9.17, 15) is 4.79 Å². The number of aryl methyl sites for hydroxylation is 1. The molecule has 0 aromatic carbocycles. The number of rotatable bonds is 3. The van der Waals surface area contributed by atoms with Crippen molar-refractivity contribution in [1.29, 1.82) is 0 Å². The van der Waals surface area contributed by atoms with Crippen molar-refractivity contribution in [3.63, 3.8) is 0 Å². The van der Waals surface area contributed by atoms with E-state index in [4.69, 9.17) is 23.2 Å². The highest BCUT2D eigenvalue weighted by molar-refractivity contribution is 7.22. The van der Waals surface area contributed by atoms with Crippen molar-refractivity contribution in [3.05, 3.63) is 62.6 Å². The maximum atomic E-state index is 13.0. The number of fused-ring (bicyclic) bond motifs is 1. The molecular formula is C17H11Cl2N6OS+. The Balaban J connectivity index is 1.78. The first-order valence-corrected chi connectivity index (χ1v) is 9.33. The van der Waals surface area contributed by atoms with Crippen LogP contribution < -0.4 is 10.9 Å². The number of nitrogens with zero attached hydrogens (tertiary/aromatic N) is 5. The summed E-state index contributed by atoms with van der Waals surface area (Å²) in [4.78, 5) is 29.8. The van der Waals surface area contributed by atoms with E-state index in [2.05, 4.69) is 31.3 Å². The van der Waals surface area contributed by atoms with E-state index < -0.39 is 0 Å². The van der Waals surface area contributed by atoms with E-state index in [1.54, 1.807) is 19.1 Å². The highest BCUT2D eigenvalue weighted by Crippen LogP contribution is 2.29. The monoisotopic (exact) mass is 417 g/mol. The van der Waals surface area contributed by atoms with Crippen molar-refractivity contribution >= 4 is 61.5 Å².